The van der Waals surface area contributed by atoms with E-state index in [0.717, 1.165) is 0 Å². The van der Waals surface area contributed by atoms with Crippen LogP contribution in [0, 0.1) is 12.8 Å². The van der Waals surface area contributed by atoms with Gasteiger partial charge in [0.15, 0.2) is 5.69 Å². The standard InChI is InChI=1S/C11H17N5O2/c1-6-8(12)9(15-14-6)11(18)16-4-2-7(3-5-16)10(13)17/h7H,2-5,12H2,1H3,(H2,13,17)(H,14,15). The molecule has 2 heterocycles. The molecule has 1 fully saturated rings. The molecule has 98 valence electrons. The van der Waals surface area contributed by atoms with Crippen LogP contribution < -0.4 is 11.5 Å². The molecule has 0 radical (unpaired) electrons. The average Bonchev–Trinajstić information content (AvgIpc) is 2.69. The van der Waals surface area contributed by atoms with Gasteiger partial charge in [0.25, 0.3) is 5.91 Å². The highest BCUT2D eigenvalue weighted by atomic mass is 16.2. The predicted octanol–water partition coefficient (Wildman–Crippen LogP) is -0.362. The zero-order valence-corrected chi connectivity index (χ0v) is 10.3. The minimum atomic E-state index is -0.294. The molecule has 2 rings (SSSR count). The fraction of sp³-hybridized carbons (Fsp3) is 0.545. The number of carbonyl (C=O) groups excluding carboxylic acids is 2. The van der Waals surface area contributed by atoms with Crippen LogP contribution in [0.3, 0.4) is 0 Å². The summed E-state index contributed by atoms with van der Waals surface area (Å²) in [5.41, 5.74) is 12.3. The second kappa shape index (κ2) is 4.67. The first-order chi connectivity index (χ1) is 8.50. The third-order valence-electron chi connectivity index (χ3n) is 3.38. The van der Waals surface area contributed by atoms with Crippen molar-refractivity contribution in [3.05, 3.63) is 11.4 Å². The number of hydrogen-bond acceptors (Lipinski definition) is 4. The van der Waals surface area contributed by atoms with Gasteiger partial charge in [-0.15, -0.1) is 0 Å². The zero-order chi connectivity index (χ0) is 13.3. The molecule has 0 saturated carbocycles. The van der Waals surface area contributed by atoms with Gasteiger partial charge in [0, 0.05) is 19.0 Å². The summed E-state index contributed by atoms with van der Waals surface area (Å²) >= 11 is 0. The van der Waals surface area contributed by atoms with Crippen LogP contribution in [-0.2, 0) is 4.79 Å². The van der Waals surface area contributed by atoms with Gasteiger partial charge in [0.2, 0.25) is 5.91 Å². The van der Waals surface area contributed by atoms with Gasteiger partial charge in [-0.2, -0.15) is 5.10 Å². The van der Waals surface area contributed by atoms with Gasteiger partial charge >= 0.3 is 0 Å². The Morgan fingerprint density at radius 1 is 1.39 bits per heavy atom. The van der Waals surface area contributed by atoms with E-state index in [4.69, 9.17) is 11.5 Å². The maximum atomic E-state index is 12.2. The Balaban J connectivity index is 2.04. The number of primary amides is 1. The van der Waals surface area contributed by atoms with E-state index in [0.29, 0.717) is 37.3 Å². The Morgan fingerprint density at radius 2 is 2.00 bits per heavy atom. The van der Waals surface area contributed by atoms with Crippen molar-refractivity contribution in [1.29, 1.82) is 0 Å². The summed E-state index contributed by atoms with van der Waals surface area (Å²) in [4.78, 5) is 24.9. The lowest BCUT2D eigenvalue weighted by Gasteiger charge is -2.30. The quantitative estimate of drug-likeness (QED) is 0.665. The maximum Gasteiger partial charge on any atom is 0.276 e. The molecule has 7 heteroatoms. The smallest absolute Gasteiger partial charge is 0.276 e. The Morgan fingerprint density at radius 3 is 2.44 bits per heavy atom. The molecule has 7 nitrogen and oxygen atoms in total. The average molecular weight is 251 g/mol. The van der Waals surface area contributed by atoms with Gasteiger partial charge in [-0.3, -0.25) is 14.7 Å². The highest BCUT2D eigenvalue weighted by Crippen LogP contribution is 2.20. The van der Waals surface area contributed by atoms with Crippen LogP contribution in [0.5, 0.6) is 0 Å². The first kappa shape index (κ1) is 12.4. The first-order valence-electron chi connectivity index (χ1n) is 5.89. The number of nitrogen functional groups attached to an aromatic ring is 1. The van der Waals surface area contributed by atoms with Crippen LogP contribution in [0.4, 0.5) is 5.69 Å². The summed E-state index contributed by atoms with van der Waals surface area (Å²) in [6, 6.07) is 0. The van der Waals surface area contributed by atoms with Crippen LogP contribution >= 0.6 is 0 Å². The molecule has 5 N–H and O–H groups in total. The van der Waals surface area contributed by atoms with Crippen LogP contribution in [-0.4, -0.2) is 40.0 Å². The highest BCUT2D eigenvalue weighted by molar-refractivity contribution is 5.97. The summed E-state index contributed by atoms with van der Waals surface area (Å²) in [6.07, 6.45) is 1.20. The molecule has 1 aliphatic heterocycles. The number of carbonyl (C=O) groups is 2. The second-order valence-electron chi connectivity index (χ2n) is 4.58. The monoisotopic (exact) mass is 251 g/mol. The van der Waals surface area contributed by atoms with Crippen molar-refractivity contribution in [1.82, 2.24) is 15.1 Å². The van der Waals surface area contributed by atoms with Gasteiger partial charge in [0.05, 0.1) is 11.4 Å². The van der Waals surface area contributed by atoms with Crippen molar-refractivity contribution in [2.24, 2.45) is 11.7 Å². The minimum absolute atomic E-state index is 0.132. The number of aromatic nitrogens is 2. The molecule has 1 aromatic heterocycles. The molecule has 1 aliphatic rings. The van der Waals surface area contributed by atoms with Crippen LogP contribution in [0.2, 0.25) is 0 Å². The Kier molecular flexibility index (Phi) is 3.22. The van der Waals surface area contributed by atoms with E-state index in [-0.39, 0.29) is 23.4 Å². The largest absolute Gasteiger partial charge is 0.395 e. The maximum absolute atomic E-state index is 12.2. The molecule has 0 atom stereocenters. The molecule has 2 amide bonds. The third kappa shape index (κ3) is 2.15. The third-order valence-corrected chi connectivity index (χ3v) is 3.38. The molecule has 0 unspecified atom stereocenters. The Labute approximate surface area is 105 Å². The van der Waals surface area contributed by atoms with Gasteiger partial charge < -0.3 is 16.4 Å². The number of aromatic amines is 1. The van der Waals surface area contributed by atoms with Crippen molar-refractivity contribution in [2.75, 3.05) is 18.8 Å². The van der Waals surface area contributed by atoms with Crippen LogP contribution in [0.25, 0.3) is 0 Å². The van der Waals surface area contributed by atoms with E-state index in [1.807, 2.05) is 0 Å². The molecule has 1 saturated heterocycles. The van der Waals surface area contributed by atoms with Crippen LogP contribution in [0.15, 0.2) is 0 Å². The predicted molar refractivity (Wildman–Crippen MR) is 65.6 cm³/mol. The molecule has 0 bridgehead atoms. The number of anilines is 1. The van der Waals surface area contributed by atoms with Crippen molar-refractivity contribution in [3.63, 3.8) is 0 Å². The number of aryl methyl sites for hydroxylation is 1. The van der Waals surface area contributed by atoms with E-state index >= 15 is 0 Å². The first-order valence-corrected chi connectivity index (χ1v) is 5.89. The van der Waals surface area contributed by atoms with E-state index in [2.05, 4.69) is 10.2 Å². The summed E-state index contributed by atoms with van der Waals surface area (Å²) in [6.45, 7) is 2.79. The number of amides is 2. The number of likely N-dealkylation sites (tertiary alicyclic amines) is 1. The number of nitrogens with two attached hydrogens (primary N) is 2. The number of rotatable bonds is 2. The molecule has 0 aromatic carbocycles. The minimum Gasteiger partial charge on any atom is -0.395 e. The van der Waals surface area contributed by atoms with Crippen molar-refractivity contribution < 1.29 is 9.59 Å². The number of nitrogens with one attached hydrogen (secondary N) is 1. The molecular formula is C11H17N5O2. The number of hydrogen-bond donors (Lipinski definition) is 3. The number of nitrogens with zero attached hydrogens (tertiary/aromatic N) is 2. The lowest BCUT2D eigenvalue weighted by Crippen LogP contribution is -2.42. The Bertz CT molecular complexity index is 474. The number of piperidine rings is 1. The van der Waals surface area contributed by atoms with E-state index < -0.39 is 0 Å². The lowest BCUT2D eigenvalue weighted by molar-refractivity contribution is -0.123. The normalized spacial score (nSPS) is 16.8. The molecular weight excluding hydrogens is 234 g/mol. The van der Waals surface area contributed by atoms with Crippen LogP contribution in [0.1, 0.15) is 29.0 Å². The lowest BCUT2D eigenvalue weighted by atomic mass is 9.96. The van der Waals surface area contributed by atoms with Gasteiger partial charge in [0.1, 0.15) is 0 Å². The van der Waals surface area contributed by atoms with Crippen molar-refractivity contribution in [2.45, 2.75) is 19.8 Å². The molecule has 1 aromatic rings. The Hall–Kier alpha value is -2.05. The fourth-order valence-corrected chi connectivity index (χ4v) is 2.12. The summed E-state index contributed by atoms with van der Waals surface area (Å²) in [5.74, 6) is -0.621. The molecule has 0 aliphatic carbocycles. The van der Waals surface area contributed by atoms with E-state index in [9.17, 15) is 9.59 Å². The van der Waals surface area contributed by atoms with Crippen molar-refractivity contribution in [3.8, 4) is 0 Å². The van der Waals surface area contributed by atoms with Crippen molar-refractivity contribution >= 4 is 17.5 Å². The SMILES string of the molecule is Cc1[nH]nc(C(=O)N2CCC(C(N)=O)CC2)c1N. The van der Waals surface area contributed by atoms with Gasteiger partial charge in [-0.1, -0.05) is 0 Å². The fourth-order valence-electron chi connectivity index (χ4n) is 2.12. The molecule has 0 spiro atoms. The summed E-state index contributed by atoms with van der Waals surface area (Å²) in [7, 11) is 0. The highest BCUT2D eigenvalue weighted by Gasteiger charge is 2.28. The van der Waals surface area contributed by atoms with Gasteiger partial charge in [-0.25, -0.2) is 0 Å². The second-order valence-corrected chi connectivity index (χ2v) is 4.58. The summed E-state index contributed by atoms with van der Waals surface area (Å²) < 4.78 is 0. The topological polar surface area (TPSA) is 118 Å². The van der Waals surface area contributed by atoms with E-state index in [1.54, 1.807) is 11.8 Å². The van der Waals surface area contributed by atoms with Gasteiger partial charge in [-0.05, 0) is 19.8 Å². The zero-order valence-electron chi connectivity index (χ0n) is 10.3. The molecule has 18 heavy (non-hydrogen) atoms. The summed E-state index contributed by atoms with van der Waals surface area (Å²) in [5, 5.41) is 6.60. The van der Waals surface area contributed by atoms with E-state index in [1.165, 1.54) is 0 Å². The number of H-pyrrole nitrogens is 1.